The van der Waals surface area contributed by atoms with Gasteiger partial charge in [0.05, 0.1) is 6.54 Å². The lowest BCUT2D eigenvalue weighted by molar-refractivity contribution is -0.140. The number of carbonyl (C=O) groups excluding carboxylic acids is 3. The molecule has 6 nitrogen and oxygen atoms in total. The van der Waals surface area contributed by atoms with Crippen molar-refractivity contribution in [2.75, 3.05) is 32.7 Å². The first-order chi connectivity index (χ1) is 13.0. The van der Waals surface area contributed by atoms with Crippen molar-refractivity contribution in [1.29, 1.82) is 0 Å². The van der Waals surface area contributed by atoms with Crippen LogP contribution in [0.3, 0.4) is 0 Å². The second kappa shape index (κ2) is 8.65. The zero-order chi connectivity index (χ0) is 19.4. The van der Waals surface area contributed by atoms with Gasteiger partial charge in [0.15, 0.2) is 5.78 Å². The third-order valence-corrected chi connectivity index (χ3v) is 5.58. The number of ketones is 1. The Morgan fingerprint density at radius 2 is 2.00 bits per heavy atom. The zero-order valence-corrected chi connectivity index (χ0v) is 16.3. The van der Waals surface area contributed by atoms with Crippen LogP contribution >= 0.6 is 0 Å². The first-order valence-electron chi connectivity index (χ1n) is 9.84. The Hall–Kier alpha value is -2.21. The molecule has 1 N–H and O–H groups in total. The van der Waals surface area contributed by atoms with E-state index in [9.17, 15) is 14.4 Å². The third kappa shape index (κ3) is 4.75. The van der Waals surface area contributed by atoms with E-state index < -0.39 is 0 Å². The number of benzene rings is 1. The van der Waals surface area contributed by atoms with Crippen molar-refractivity contribution in [2.45, 2.75) is 45.6 Å². The Bertz CT molecular complexity index is 731. The molecule has 6 heteroatoms. The molecule has 0 spiro atoms. The molecule has 0 aliphatic carbocycles. The molecule has 2 fully saturated rings. The molecule has 1 aromatic rings. The predicted molar refractivity (Wildman–Crippen MR) is 104 cm³/mol. The minimum Gasteiger partial charge on any atom is -0.341 e. The Labute approximate surface area is 160 Å². The van der Waals surface area contributed by atoms with Crippen LogP contribution in [0.5, 0.6) is 0 Å². The summed E-state index contributed by atoms with van der Waals surface area (Å²) in [5.74, 6) is 0.155. The van der Waals surface area contributed by atoms with E-state index in [0.717, 1.165) is 30.5 Å². The molecule has 2 aliphatic heterocycles. The Morgan fingerprint density at radius 3 is 2.78 bits per heavy atom. The average Bonchev–Trinajstić information content (AvgIpc) is 2.68. The highest BCUT2D eigenvalue weighted by atomic mass is 16.2. The second-order valence-electron chi connectivity index (χ2n) is 7.64. The molecule has 1 atom stereocenters. The molecule has 2 amide bonds. The van der Waals surface area contributed by atoms with Crippen LogP contribution in [0, 0.1) is 13.8 Å². The largest absolute Gasteiger partial charge is 0.341 e. The van der Waals surface area contributed by atoms with Gasteiger partial charge in [-0.15, -0.1) is 0 Å². The fourth-order valence-electron chi connectivity index (χ4n) is 3.99. The summed E-state index contributed by atoms with van der Waals surface area (Å²) < 4.78 is 0. The van der Waals surface area contributed by atoms with E-state index in [1.54, 1.807) is 0 Å². The van der Waals surface area contributed by atoms with Crippen LogP contribution in [0.25, 0.3) is 0 Å². The van der Waals surface area contributed by atoms with Crippen molar-refractivity contribution >= 4 is 17.6 Å². The lowest BCUT2D eigenvalue weighted by atomic mass is 9.98. The lowest BCUT2D eigenvalue weighted by Gasteiger charge is -2.41. The zero-order valence-electron chi connectivity index (χ0n) is 16.3. The van der Waals surface area contributed by atoms with E-state index in [-0.39, 0.29) is 36.5 Å². The van der Waals surface area contributed by atoms with Gasteiger partial charge in [0.25, 0.3) is 0 Å². The first-order valence-corrected chi connectivity index (χ1v) is 9.84. The third-order valence-electron chi connectivity index (χ3n) is 5.58. The van der Waals surface area contributed by atoms with Crippen LogP contribution in [0.4, 0.5) is 0 Å². The molecule has 27 heavy (non-hydrogen) atoms. The number of rotatable bonds is 5. The van der Waals surface area contributed by atoms with Crippen molar-refractivity contribution in [3.05, 3.63) is 34.9 Å². The summed E-state index contributed by atoms with van der Waals surface area (Å²) in [6.45, 7) is 7.09. The number of piperidine rings is 1. The molecule has 0 radical (unpaired) electrons. The van der Waals surface area contributed by atoms with E-state index in [1.165, 1.54) is 0 Å². The quantitative estimate of drug-likeness (QED) is 0.800. The number of carbonyl (C=O) groups is 3. The molecule has 0 bridgehead atoms. The van der Waals surface area contributed by atoms with E-state index in [1.807, 2.05) is 41.8 Å². The maximum absolute atomic E-state index is 12.7. The van der Waals surface area contributed by atoms with Crippen LogP contribution in [-0.4, -0.2) is 66.2 Å². The van der Waals surface area contributed by atoms with Gasteiger partial charge in [0, 0.05) is 50.6 Å². The molecule has 2 heterocycles. The minimum absolute atomic E-state index is 0.0148. The van der Waals surface area contributed by atoms with Crippen LogP contribution in [-0.2, 0) is 9.59 Å². The average molecular weight is 371 g/mol. The molecule has 1 unspecified atom stereocenters. The van der Waals surface area contributed by atoms with Crippen molar-refractivity contribution in [1.82, 2.24) is 15.1 Å². The number of likely N-dealkylation sites (tertiary alicyclic amines) is 1. The second-order valence-corrected chi connectivity index (χ2v) is 7.64. The molecule has 146 valence electrons. The summed E-state index contributed by atoms with van der Waals surface area (Å²) in [4.78, 5) is 41.0. The highest BCUT2D eigenvalue weighted by molar-refractivity contribution is 5.99. The molecule has 1 aromatic carbocycles. The van der Waals surface area contributed by atoms with Crippen molar-refractivity contribution in [3.63, 3.8) is 0 Å². The van der Waals surface area contributed by atoms with Gasteiger partial charge in [-0.05, 0) is 38.3 Å². The summed E-state index contributed by atoms with van der Waals surface area (Å²) in [5, 5.41) is 3.09. The highest BCUT2D eigenvalue weighted by Crippen LogP contribution is 2.19. The predicted octanol–water partition coefficient (Wildman–Crippen LogP) is 1.69. The summed E-state index contributed by atoms with van der Waals surface area (Å²) in [6, 6.07) is 5.94. The number of piperazine rings is 1. The van der Waals surface area contributed by atoms with E-state index >= 15 is 0 Å². The van der Waals surface area contributed by atoms with Gasteiger partial charge >= 0.3 is 0 Å². The first kappa shape index (κ1) is 19.5. The number of hydrogen-bond acceptors (Lipinski definition) is 4. The van der Waals surface area contributed by atoms with Gasteiger partial charge in [-0.25, -0.2) is 0 Å². The van der Waals surface area contributed by atoms with E-state index in [4.69, 9.17) is 0 Å². The monoisotopic (exact) mass is 371 g/mol. The van der Waals surface area contributed by atoms with E-state index in [0.29, 0.717) is 31.7 Å². The molecule has 2 saturated heterocycles. The topological polar surface area (TPSA) is 69.7 Å². The number of Topliss-reactive ketones (excluding diaryl/α,β-unsaturated/α-hetero) is 1. The Morgan fingerprint density at radius 1 is 1.19 bits per heavy atom. The van der Waals surface area contributed by atoms with Gasteiger partial charge in [-0.2, -0.15) is 0 Å². The molecule has 0 saturated carbocycles. The number of aryl methyl sites for hydroxylation is 2. The van der Waals surface area contributed by atoms with Crippen molar-refractivity contribution < 1.29 is 14.4 Å². The molecular weight excluding hydrogens is 342 g/mol. The summed E-state index contributed by atoms with van der Waals surface area (Å²) in [7, 11) is 0. The molecular formula is C21H29N3O3. The van der Waals surface area contributed by atoms with Crippen molar-refractivity contribution in [2.24, 2.45) is 0 Å². The lowest BCUT2D eigenvalue weighted by Crippen LogP contribution is -2.57. The Kier molecular flexibility index (Phi) is 6.26. The molecule has 2 aliphatic rings. The smallest absolute Gasteiger partial charge is 0.236 e. The maximum Gasteiger partial charge on any atom is 0.236 e. The molecule has 3 rings (SSSR count). The van der Waals surface area contributed by atoms with Crippen LogP contribution in [0.2, 0.25) is 0 Å². The number of nitrogens with zero attached hydrogens (tertiary/aromatic N) is 2. The van der Waals surface area contributed by atoms with Gasteiger partial charge in [0.2, 0.25) is 11.8 Å². The summed E-state index contributed by atoms with van der Waals surface area (Å²) in [6.07, 6.45) is 2.31. The normalized spacial score (nSPS) is 20.7. The van der Waals surface area contributed by atoms with Gasteiger partial charge < -0.3 is 15.1 Å². The van der Waals surface area contributed by atoms with Gasteiger partial charge in [-0.1, -0.05) is 17.7 Å². The highest BCUT2D eigenvalue weighted by Gasteiger charge is 2.31. The van der Waals surface area contributed by atoms with Gasteiger partial charge in [0.1, 0.15) is 0 Å². The number of nitrogens with one attached hydrogen (secondary N) is 1. The van der Waals surface area contributed by atoms with Crippen LogP contribution in [0.15, 0.2) is 18.2 Å². The summed E-state index contributed by atoms with van der Waals surface area (Å²) in [5.41, 5.74) is 2.72. The molecule has 0 aromatic heterocycles. The van der Waals surface area contributed by atoms with Crippen molar-refractivity contribution in [3.8, 4) is 0 Å². The number of amides is 2. The summed E-state index contributed by atoms with van der Waals surface area (Å²) >= 11 is 0. The van der Waals surface area contributed by atoms with Crippen LogP contribution < -0.4 is 5.32 Å². The minimum atomic E-state index is 0.0148. The number of hydrogen-bond donors (Lipinski definition) is 1. The SMILES string of the molecule is Cc1ccc(C)c(C(=O)CCC(=O)N2CCCC(N3CCNCC3=O)C2)c1. The Balaban J connectivity index is 1.55. The van der Waals surface area contributed by atoms with E-state index in [2.05, 4.69) is 5.32 Å². The van der Waals surface area contributed by atoms with Crippen LogP contribution in [0.1, 0.15) is 47.2 Å². The standard InChI is InChI=1S/C21H29N3O3/c1-15-5-6-16(2)18(12-15)19(25)7-8-20(26)23-10-3-4-17(14-23)24-11-9-22-13-21(24)27/h5-6,12,17,22H,3-4,7-11,13-14H2,1-2H3. The maximum atomic E-state index is 12.7. The fraction of sp³-hybridized carbons (Fsp3) is 0.571. The van der Waals surface area contributed by atoms with Gasteiger partial charge in [-0.3, -0.25) is 14.4 Å². The fourth-order valence-corrected chi connectivity index (χ4v) is 3.99.